The molecule has 1 unspecified atom stereocenters. The molecule has 0 saturated heterocycles. The van der Waals surface area contributed by atoms with E-state index >= 15 is 0 Å². The number of nitrogens with one attached hydrogen (secondary N) is 2. The van der Waals surface area contributed by atoms with E-state index in [0.29, 0.717) is 10.1 Å². The molecule has 21 heavy (non-hydrogen) atoms. The summed E-state index contributed by atoms with van der Waals surface area (Å²) in [4.78, 5) is 12.0. The minimum absolute atomic E-state index is 0.0542. The van der Waals surface area contributed by atoms with Crippen LogP contribution in [0.3, 0.4) is 0 Å². The Kier molecular flexibility index (Phi) is 5.74. The smallest absolute Gasteiger partial charge is 0.282 e. The number of anilines is 1. The first-order chi connectivity index (χ1) is 10.2. The van der Waals surface area contributed by atoms with Crippen molar-refractivity contribution >= 4 is 22.4 Å². The van der Waals surface area contributed by atoms with Crippen molar-refractivity contribution < 1.29 is 9.21 Å². The van der Waals surface area contributed by atoms with Gasteiger partial charge >= 0.3 is 0 Å². The molecule has 2 N–H and O–H groups in total. The van der Waals surface area contributed by atoms with Crippen molar-refractivity contribution in [3.8, 4) is 0 Å². The lowest BCUT2D eigenvalue weighted by molar-refractivity contribution is 0.0937. The maximum atomic E-state index is 12.0. The van der Waals surface area contributed by atoms with Crippen molar-refractivity contribution in [3.05, 3.63) is 29.2 Å². The molecular weight excluding hydrogens is 288 g/mol. The third-order valence-electron chi connectivity index (χ3n) is 2.93. The summed E-state index contributed by atoms with van der Waals surface area (Å²) < 4.78 is 5.27. The van der Waals surface area contributed by atoms with Crippen LogP contribution in [-0.2, 0) is 6.42 Å². The van der Waals surface area contributed by atoms with Crippen molar-refractivity contribution in [2.45, 2.75) is 39.2 Å². The molecule has 0 aliphatic heterocycles. The predicted octanol–water partition coefficient (Wildman–Crippen LogP) is 2.70. The standard InChI is InChI=1S/C14H20N4O2S/c1-3-8-15-14-18-17-13(21-14)12(19)16-10(2)6-7-11-5-4-9-20-11/h4-5,9-10H,3,6-8H2,1-2H3,(H,15,18)(H,16,19). The Hall–Kier alpha value is -1.89. The Balaban J connectivity index is 1.78. The third-order valence-corrected chi connectivity index (χ3v) is 3.81. The molecule has 1 atom stereocenters. The van der Waals surface area contributed by atoms with E-state index in [4.69, 9.17) is 4.42 Å². The fourth-order valence-electron chi connectivity index (χ4n) is 1.79. The number of hydrogen-bond donors (Lipinski definition) is 2. The van der Waals surface area contributed by atoms with Crippen molar-refractivity contribution in [1.29, 1.82) is 0 Å². The number of aryl methyl sites for hydroxylation is 1. The largest absolute Gasteiger partial charge is 0.469 e. The average molecular weight is 308 g/mol. The number of carbonyl (C=O) groups excluding carboxylic acids is 1. The summed E-state index contributed by atoms with van der Waals surface area (Å²) in [5.74, 6) is 0.752. The van der Waals surface area contributed by atoms with Crippen LogP contribution in [0.25, 0.3) is 0 Å². The SMILES string of the molecule is CCCNc1nnc(C(=O)NC(C)CCc2ccco2)s1. The minimum atomic E-state index is -0.177. The Morgan fingerprint density at radius 1 is 1.48 bits per heavy atom. The zero-order valence-electron chi connectivity index (χ0n) is 12.3. The summed E-state index contributed by atoms with van der Waals surface area (Å²) >= 11 is 1.27. The highest BCUT2D eigenvalue weighted by Gasteiger charge is 2.15. The van der Waals surface area contributed by atoms with Gasteiger partial charge in [-0.2, -0.15) is 0 Å². The summed E-state index contributed by atoms with van der Waals surface area (Å²) in [5, 5.41) is 15.0. The summed E-state index contributed by atoms with van der Waals surface area (Å²) in [7, 11) is 0. The number of furan rings is 1. The van der Waals surface area contributed by atoms with Crippen molar-refractivity contribution in [1.82, 2.24) is 15.5 Å². The van der Waals surface area contributed by atoms with Crippen LogP contribution >= 0.6 is 11.3 Å². The second kappa shape index (κ2) is 7.78. The molecule has 2 rings (SSSR count). The first kappa shape index (κ1) is 15.5. The van der Waals surface area contributed by atoms with Gasteiger partial charge in [-0.3, -0.25) is 4.79 Å². The third kappa shape index (κ3) is 4.86. The maximum Gasteiger partial charge on any atom is 0.282 e. The van der Waals surface area contributed by atoms with Gasteiger partial charge in [-0.1, -0.05) is 18.3 Å². The lowest BCUT2D eigenvalue weighted by atomic mass is 10.1. The van der Waals surface area contributed by atoms with E-state index < -0.39 is 0 Å². The molecule has 0 aliphatic carbocycles. The van der Waals surface area contributed by atoms with Crippen LogP contribution in [0.15, 0.2) is 22.8 Å². The van der Waals surface area contributed by atoms with Crippen LogP contribution in [-0.4, -0.2) is 28.7 Å². The van der Waals surface area contributed by atoms with Gasteiger partial charge < -0.3 is 15.1 Å². The quantitative estimate of drug-likeness (QED) is 0.783. The van der Waals surface area contributed by atoms with Crippen LogP contribution in [0.2, 0.25) is 0 Å². The number of nitrogens with zero attached hydrogens (tertiary/aromatic N) is 2. The van der Waals surface area contributed by atoms with Gasteiger partial charge in [-0.05, 0) is 31.9 Å². The molecule has 0 spiro atoms. The van der Waals surface area contributed by atoms with Gasteiger partial charge in [0.15, 0.2) is 0 Å². The first-order valence-corrected chi connectivity index (χ1v) is 7.91. The number of aromatic nitrogens is 2. The summed E-state index contributed by atoms with van der Waals surface area (Å²) in [5.41, 5.74) is 0. The Labute approximate surface area is 128 Å². The molecule has 0 aromatic carbocycles. The highest BCUT2D eigenvalue weighted by atomic mass is 32.1. The fourth-order valence-corrected chi connectivity index (χ4v) is 2.46. The molecule has 1 amide bonds. The van der Waals surface area contributed by atoms with E-state index in [9.17, 15) is 4.79 Å². The molecule has 2 heterocycles. The van der Waals surface area contributed by atoms with Crippen LogP contribution in [0.5, 0.6) is 0 Å². The van der Waals surface area contributed by atoms with Crippen molar-refractivity contribution in [2.75, 3.05) is 11.9 Å². The highest BCUT2D eigenvalue weighted by molar-refractivity contribution is 7.17. The first-order valence-electron chi connectivity index (χ1n) is 7.09. The van der Waals surface area contributed by atoms with Crippen LogP contribution in [0.4, 0.5) is 5.13 Å². The number of rotatable bonds is 8. The van der Waals surface area contributed by atoms with Gasteiger partial charge in [0.25, 0.3) is 5.91 Å². The Bertz CT molecular complexity index is 553. The van der Waals surface area contributed by atoms with E-state index in [0.717, 1.165) is 31.6 Å². The molecular formula is C14H20N4O2S. The second-order valence-corrected chi connectivity index (χ2v) is 5.81. The lowest BCUT2D eigenvalue weighted by Crippen LogP contribution is -2.32. The van der Waals surface area contributed by atoms with Gasteiger partial charge in [0.05, 0.1) is 6.26 Å². The van der Waals surface area contributed by atoms with Gasteiger partial charge in [0.2, 0.25) is 10.1 Å². The molecule has 0 aliphatic rings. The monoisotopic (exact) mass is 308 g/mol. The van der Waals surface area contributed by atoms with Crippen LogP contribution in [0, 0.1) is 0 Å². The normalized spacial score (nSPS) is 12.1. The maximum absolute atomic E-state index is 12.0. The molecule has 0 bridgehead atoms. The van der Waals surface area contributed by atoms with Gasteiger partial charge in [-0.15, -0.1) is 10.2 Å². The van der Waals surface area contributed by atoms with E-state index in [1.807, 2.05) is 19.1 Å². The summed E-state index contributed by atoms with van der Waals surface area (Å²) in [6.45, 7) is 4.87. The van der Waals surface area contributed by atoms with E-state index in [2.05, 4.69) is 27.8 Å². The molecule has 2 aromatic heterocycles. The van der Waals surface area contributed by atoms with Crippen LogP contribution in [0.1, 0.15) is 42.3 Å². The van der Waals surface area contributed by atoms with Crippen molar-refractivity contribution in [2.24, 2.45) is 0 Å². The van der Waals surface area contributed by atoms with Gasteiger partial charge in [0.1, 0.15) is 5.76 Å². The molecule has 0 saturated carbocycles. The Morgan fingerprint density at radius 3 is 3.05 bits per heavy atom. The lowest BCUT2D eigenvalue weighted by Gasteiger charge is -2.11. The number of carbonyl (C=O) groups is 1. The molecule has 0 fully saturated rings. The predicted molar refractivity (Wildman–Crippen MR) is 82.6 cm³/mol. The fraction of sp³-hybridized carbons (Fsp3) is 0.500. The van der Waals surface area contributed by atoms with Crippen LogP contribution < -0.4 is 10.6 Å². The zero-order chi connectivity index (χ0) is 15.1. The minimum Gasteiger partial charge on any atom is -0.469 e. The summed E-state index contributed by atoms with van der Waals surface area (Å²) in [6.07, 6.45) is 4.28. The molecule has 0 radical (unpaired) electrons. The molecule has 7 heteroatoms. The average Bonchev–Trinajstić information content (AvgIpc) is 3.14. The molecule has 6 nitrogen and oxygen atoms in total. The topological polar surface area (TPSA) is 80.0 Å². The molecule has 114 valence electrons. The highest BCUT2D eigenvalue weighted by Crippen LogP contribution is 2.15. The van der Waals surface area contributed by atoms with Crippen molar-refractivity contribution in [3.63, 3.8) is 0 Å². The number of hydrogen-bond acceptors (Lipinski definition) is 6. The zero-order valence-corrected chi connectivity index (χ0v) is 13.1. The molecule has 2 aromatic rings. The summed E-state index contributed by atoms with van der Waals surface area (Å²) in [6, 6.07) is 3.86. The number of amides is 1. The van der Waals surface area contributed by atoms with E-state index in [1.54, 1.807) is 6.26 Å². The van der Waals surface area contributed by atoms with Gasteiger partial charge in [-0.25, -0.2) is 0 Å². The van der Waals surface area contributed by atoms with E-state index in [1.165, 1.54) is 11.3 Å². The van der Waals surface area contributed by atoms with E-state index in [-0.39, 0.29) is 11.9 Å². The van der Waals surface area contributed by atoms with Gasteiger partial charge in [0, 0.05) is 19.0 Å². The second-order valence-electron chi connectivity index (χ2n) is 4.83. The Morgan fingerprint density at radius 2 is 2.33 bits per heavy atom.